The summed E-state index contributed by atoms with van der Waals surface area (Å²) in [6.45, 7) is 17.7. The van der Waals surface area contributed by atoms with Crippen molar-refractivity contribution in [3.05, 3.63) is 95.6 Å². The third-order valence-corrected chi connectivity index (χ3v) is 14.3. The lowest BCUT2D eigenvalue weighted by Crippen LogP contribution is -2.50. The van der Waals surface area contributed by atoms with Gasteiger partial charge in [0.15, 0.2) is 5.82 Å². The number of nitrogen functional groups attached to an aromatic ring is 1. The Bertz CT molecular complexity index is 3340. The number of aryl methyl sites for hydroxylation is 2. The molecule has 0 unspecified atom stereocenters. The van der Waals surface area contributed by atoms with Crippen molar-refractivity contribution in [3.8, 4) is 23.0 Å². The summed E-state index contributed by atoms with van der Waals surface area (Å²) in [4.78, 5) is 42.6. The molecule has 18 nitrogen and oxygen atoms in total. The van der Waals surface area contributed by atoms with E-state index in [2.05, 4.69) is 91.3 Å². The molecule has 0 radical (unpaired) electrons. The Labute approximate surface area is 451 Å². The van der Waals surface area contributed by atoms with Gasteiger partial charge in [0.05, 0.1) is 51.5 Å². The summed E-state index contributed by atoms with van der Waals surface area (Å²) in [5.74, 6) is 6.15. The molecule has 4 aromatic heterocycles. The number of aromatic nitrogens is 6. The second kappa shape index (κ2) is 24.1. The largest absolute Gasteiger partial charge is 0.497 e. The standard InChI is InChI=1S/C41H52N6O6.C18H24N6/c1-9-10-11-36-44-37-38(47(36)26-28-13-16-31(50-6)24-35(28)52-8)32-22-29(45-18-20-46(21-19-45)40(48)53-41(2,3)4)14-17-33(32)43-39(37)42-25-27-12-15-30(49-5)23-34(27)51-7;1-2-3-4-15-22-16-13-11-12(24-9-7-20-8-10-24)5-6-14(13)21-18(19)17(16)23-15/h12-17,22-24H,9-11,18-21,25-26H2,1-8H3,(H,42,43);5-6,11,20H,2-4,7-10H2,1H3,(H2,19,21)(H,22,23). The van der Waals surface area contributed by atoms with Crippen molar-refractivity contribution in [3.63, 3.8) is 0 Å². The van der Waals surface area contributed by atoms with E-state index in [0.717, 1.165) is 160 Å². The minimum absolute atomic E-state index is 0.272. The van der Waals surface area contributed by atoms with E-state index in [9.17, 15) is 4.79 Å². The first-order chi connectivity index (χ1) is 37.3. The molecule has 5 N–H and O–H groups in total. The molecule has 10 rings (SSSR count). The normalized spacial score (nSPS) is 14.0. The maximum Gasteiger partial charge on any atom is 0.410 e. The predicted molar refractivity (Wildman–Crippen MR) is 309 cm³/mol. The van der Waals surface area contributed by atoms with Crippen molar-refractivity contribution in [1.82, 2.24) is 39.7 Å². The number of imidazole rings is 2. The fourth-order valence-corrected chi connectivity index (χ4v) is 10.1. The lowest BCUT2D eigenvalue weighted by molar-refractivity contribution is 0.0240. The first kappa shape index (κ1) is 54.1. The lowest BCUT2D eigenvalue weighted by atomic mass is 10.1. The van der Waals surface area contributed by atoms with Crippen molar-refractivity contribution in [2.75, 3.05) is 102 Å². The second-order valence-electron chi connectivity index (χ2n) is 20.7. The first-order valence-corrected chi connectivity index (χ1v) is 27.1. The number of piperazine rings is 2. The molecule has 6 heterocycles. The molecule has 1 amide bonds. The number of carbonyl (C=O) groups is 1. The van der Waals surface area contributed by atoms with Gasteiger partial charge in [-0.1, -0.05) is 26.7 Å². The number of nitrogens with two attached hydrogens (primary N) is 1. The van der Waals surface area contributed by atoms with Crippen LogP contribution in [0.15, 0.2) is 72.8 Å². The van der Waals surface area contributed by atoms with E-state index in [0.29, 0.717) is 50.9 Å². The molecule has 0 saturated carbocycles. The third-order valence-electron chi connectivity index (χ3n) is 14.3. The Hall–Kier alpha value is -7.73. The van der Waals surface area contributed by atoms with Crippen LogP contribution >= 0.6 is 0 Å². The van der Waals surface area contributed by atoms with Crippen LogP contribution in [-0.4, -0.2) is 127 Å². The molecule has 18 heteroatoms. The van der Waals surface area contributed by atoms with E-state index in [1.807, 2.05) is 51.1 Å². The highest BCUT2D eigenvalue weighted by Gasteiger charge is 2.27. The monoisotopic (exact) mass is 1050 g/mol. The average molecular weight is 1050 g/mol. The molecule has 8 aromatic rings. The van der Waals surface area contributed by atoms with Crippen molar-refractivity contribution in [2.45, 2.75) is 91.8 Å². The Balaban J connectivity index is 0.000000249. The predicted octanol–water partition coefficient (Wildman–Crippen LogP) is 10.1. The number of amides is 1. The topological polar surface area (TPSA) is 195 Å². The molecular formula is C59H76N12O6. The summed E-state index contributed by atoms with van der Waals surface area (Å²) in [5, 5.41) is 9.08. The number of nitrogens with zero attached hydrogens (tertiary/aromatic N) is 8. The van der Waals surface area contributed by atoms with E-state index in [1.54, 1.807) is 33.3 Å². The molecular weight excluding hydrogens is 973 g/mol. The molecule has 2 aliphatic rings. The number of aromatic amines is 1. The zero-order chi connectivity index (χ0) is 54.2. The summed E-state index contributed by atoms with van der Waals surface area (Å²) < 4.78 is 30.5. The number of rotatable bonds is 17. The van der Waals surface area contributed by atoms with Crippen molar-refractivity contribution in [2.24, 2.45) is 0 Å². The van der Waals surface area contributed by atoms with Gasteiger partial charge in [-0.3, -0.25) is 0 Å². The third kappa shape index (κ3) is 12.3. The number of methoxy groups -OCH3 is 4. The maximum atomic E-state index is 12.8. The van der Waals surface area contributed by atoms with Gasteiger partial charge in [-0.05, 0) is 94.3 Å². The van der Waals surface area contributed by atoms with E-state index >= 15 is 0 Å². The molecule has 2 fully saturated rings. The van der Waals surface area contributed by atoms with Crippen LogP contribution in [0.4, 0.5) is 27.8 Å². The summed E-state index contributed by atoms with van der Waals surface area (Å²) >= 11 is 0. The van der Waals surface area contributed by atoms with Crippen LogP contribution in [0.5, 0.6) is 23.0 Å². The number of anilines is 4. The number of nitrogens with one attached hydrogen (secondary N) is 3. The Morgan fingerprint density at radius 2 is 1.29 bits per heavy atom. The number of hydrogen-bond acceptors (Lipinski definition) is 15. The number of pyridine rings is 2. The summed E-state index contributed by atoms with van der Waals surface area (Å²) in [6, 6.07) is 24.6. The van der Waals surface area contributed by atoms with Gasteiger partial charge in [-0.2, -0.15) is 0 Å². The number of unbranched alkanes of at least 4 members (excludes halogenated alkanes) is 2. The van der Waals surface area contributed by atoms with Gasteiger partial charge >= 0.3 is 6.09 Å². The Morgan fingerprint density at radius 3 is 1.92 bits per heavy atom. The average Bonchev–Trinajstić information content (AvgIpc) is 4.10. The number of H-pyrrole nitrogens is 1. The highest BCUT2D eigenvalue weighted by Crippen LogP contribution is 2.37. The molecule has 408 valence electrons. The van der Waals surface area contributed by atoms with Crippen molar-refractivity contribution in [1.29, 1.82) is 0 Å². The second-order valence-corrected chi connectivity index (χ2v) is 20.7. The van der Waals surface area contributed by atoms with Gasteiger partial charge in [0.25, 0.3) is 0 Å². The van der Waals surface area contributed by atoms with Crippen LogP contribution in [0, 0.1) is 0 Å². The van der Waals surface area contributed by atoms with Gasteiger partial charge in [-0.15, -0.1) is 0 Å². The van der Waals surface area contributed by atoms with Crippen LogP contribution in [0.2, 0.25) is 0 Å². The molecule has 4 aromatic carbocycles. The maximum absolute atomic E-state index is 12.8. The van der Waals surface area contributed by atoms with Crippen LogP contribution in [0.25, 0.3) is 43.9 Å². The van der Waals surface area contributed by atoms with Crippen molar-refractivity contribution < 1.29 is 28.5 Å². The summed E-state index contributed by atoms with van der Waals surface area (Å²) in [6.07, 6.45) is 5.79. The zero-order valence-corrected chi connectivity index (χ0v) is 46.3. The fraction of sp³-hybridized carbons (Fsp3) is 0.441. The van der Waals surface area contributed by atoms with Crippen LogP contribution in [0.3, 0.4) is 0 Å². The van der Waals surface area contributed by atoms with Crippen LogP contribution < -0.4 is 45.1 Å². The van der Waals surface area contributed by atoms with Gasteiger partial charge in [0.1, 0.15) is 62.6 Å². The van der Waals surface area contributed by atoms with Crippen molar-refractivity contribution >= 4 is 73.0 Å². The zero-order valence-electron chi connectivity index (χ0n) is 46.3. The number of hydrogen-bond donors (Lipinski definition) is 4. The molecule has 0 aliphatic carbocycles. The molecule has 2 aliphatic heterocycles. The fourth-order valence-electron chi connectivity index (χ4n) is 10.1. The van der Waals surface area contributed by atoms with Crippen LogP contribution in [0.1, 0.15) is 83.1 Å². The van der Waals surface area contributed by atoms with E-state index in [-0.39, 0.29) is 6.09 Å². The Kier molecular flexibility index (Phi) is 16.9. The van der Waals surface area contributed by atoms with Gasteiger partial charge in [0, 0.05) is 117 Å². The van der Waals surface area contributed by atoms with Gasteiger partial charge in [-0.25, -0.2) is 24.7 Å². The smallest absolute Gasteiger partial charge is 0.410 e. The molecule has 77 heavy (non-hydrogen) atoms. The van der Waals surface area contributed by atoms with E-state index in [1.165, 1.54) is 5.69 Å². The SMILES string of the molecule is CCCCc1nc2c(NCc3ccc(OC)cc3OC)nc3ccc(N4CCN(C(=O)OC(C)(C)C)CC4)cc3c2n1Cc1ccc(OC)cc1OC.CCCCc1nc2c([nH]1)c(N)nc1ccc(N3CCNCC3)cc12. The molecule has 0 bridgehead atoms. The number of benzene rings is 4. The van der Waals surface area contributed by atoms with E-state index < -0.39 is 5.60 Å². The number of ether oxygens (including phenoxy) is 5. The minimum atomic E-state index is -0.534. The quantitative estimate of drug-likeness (QED) is 0.0672. The summed E-state index contributed by atoms with van der Waals surface area (Å²) in [5.41, 5.74) is 15.3. The first-order valence-electron chi connectivity index (χ1n) is 27.1. The molecule has 0 spiro atoms. The van der Waals surface area contributed by atoms with Gasteiger partial charge in [0.2, 0.25) is 0 Å². The lowest BCUT2D eigenvalue weighted by Gasteiger charge is -2.36. The van der Waals surface area contributed by atoms with Gasteiger partial charge < -0.3 is 64.3 Å². The summed E-state index contributed by atoms with van der Waals surface area (Å²) in [7, 11) is 6.65. The minimum Gasteiger partial charge on any atom is -0.497 e. The molecule has 2 saturated heterocycles. The number of carbonyl (C=O) groups excluding carboxylic acids is 1. The Morgan fingerprint density at radius 1 is 0.675 bits per heavy atom. The van der Waals surface area contributed by atoms with E-state index in [4.69, 9.17) is 44.4 Å². The highest BCUT2D eigenvalue weighted by molar-refractivity contribution is 6.09. The van der Waals surface area contributed by atoms with Crippen LogP contribution in [-0.2, 0) is 30.7 Å². The number of fused-ring (bicyclic) bond motifs is 6. The highest BCUT2D eigenvalue weighted by atomic mass is 16.6. The molecule has 0 atom stereocenters.